The molecule has 0 saturated carbocycles. The SMILES string of the molecule is CC1=C(c2ccc(CC(=O)c3c(F)cccc3F)cc2)CN(C#N)CC1.CC1=C(c2ccc(CC(=O)c3c(F)cccc3F)cc2)CN(c2ncco2)CC1.COC(CO)OC. The van der Waals surface area contributed by atoms with E-state index < -0.39 is 52.3 Å². The standard InChI is InChI=1S/C23H20F2N2O2.C21H18F2N2O.C4H10O3/c1-15-9-11-27(23-26-10-12-29-23)14-18(15)17-7-5-16(6-8-17)13-21(28)22-19(24)3-2-4-20(22)25;1-14-9-10-25(13-24)12-17(14)16-7-5-15(6-8-16)11-20(26)21-18(22)3-2-4-19(21)23;1-6-4(3-5)7-2/h2-8,10,12H,9,11,13-14H2,1H3;2-8H,9-12H2,1H3;4-5H,3H2,1-2H3. The zero-order valence-corrected chi connectivity index (χ0v) is 35.0. The minimum atomic E-state index is -0.841. The van der Waals surface area contributed by atoms with E-state index in [2.05, 4.69) is 39.4 Å². The predicted octanol–water partition coefficient (Wildman–Crippen LogP) is 9.01. The first-order chi connectivity index (χ1) is 29.9. The van der Waals surface area contributed by atoms with Gasteiger partial charge in [-0.15, -0.1) is 0 Å². The van der Waals surface area contributed by atoms with Crippen LogP contribution >= 0.6 is 0 Å². The van der Waals surface area contributed by atoms with Gasteiger partial charge in [-0.2, -0.15) is 5.26 Å². The van der Waals surface area contributed by atoms with Gasteiger partial charge in [-0.25, -0.2) is 22.5 Å². The Balaban J connectivity index is 0.000000204. The Bertz CT molecular complexity index is 2360. The topological polar surface area (TPSA) is 129 Å². The summed E-state index contributed by atoms with van der Waals surface area (Å²) < 4.78 is 69.7. The fourth-order valence-corrected chi connectivity index (χ4v) is 6.98. The van der Waals surface area contributed by atoms with Gasteiger partial charge in [0.05, 0.1) is 30.5 Å². The number of halogens is 4. The number of aromatic nitrogens is 1. The number of hydrogen-bond donors (Lipinski definition) is 1. The van der Waals surface area contributed by atoms with Crippen LogP contribution in [0.25, 0.3) is 11.1 Å². The monoisotopic (exact) mass is 852 g/mol. The number of oxazole rings is 1. The first-order valence-corrected chi connectivity index (χ1v) is 19.8. The van der Waals surface area contributed by atoms with Gasteiger partial charge in [-0.1, -0.05) is 71.8 Å². The summed E-state index contributed by atoms with van der Waals surface area (Å²) in [4.78, 5) is 32.6. The molecule has 5 aromatic rings. The summed E-state index contributed by atoms with van der Waals surface area (Å²) in [5, 5.41) is 17.4. The fraction of sp³-hybridized carbons (Fsp3) is 0.292. The number of hydrogen-bond acceptors (Lipinski definition) is 10. The van der Waals surface area contributed by atoms with E-state index in [1.54, 1.807) is 29.5 Å². The number of ether oxygens (including phenoxy) is 2. The van der Waals surface area contributed by atoms with Crippen molar-refractivity contribution in [2.45, 2.75) is 45.8 Å². The summed E-state index contributed by atoms with van der Waals surface area (Å²) in [5.41, 5.74) is 7.30. The predicted molar refractivity (Wildman–Crippen MR) is 227 cm³/mol. The summed E-state index contributed by atoms with van der Waals surface area (Å²) >= 11 is 0. The van der Waals surface area contributed by atoms with E-state index in [9.17, 15) is 27.2 Å². The van der Waals surface area contributed by atoms with Crippen molar-refractivity contribution in [1.29, 1.82) is 5.26 Å². The smallest absolute Gasteiger partial charge is 0.297 e. The van der Waals surface area contributed by atoms with Gasteiger partial charge in [0, 0.05) is 46.7 Å². The van der Waals surface area contributed by atoms with Crippen LogP contribution in [-0.4, -0.2) is 79.9 Å². The number of anilines is 1. The number of rotatable bonds is 12. The Hall–Kier alpha value is -6.40. The molecule has 0 fully saturated rings. The molecule has 0 unspecified atom stereocenters. The van der Waals surface area contributed by atoms with Gasteiger partial charge in [0.25, 0.3) is 6.01 Å². The minimum Gasteiger partial charge on any atom is -0.432 e. The Morgan fingerprint density at radius 2 is 1.19 bits per heavy atom. The van der Waals surface area contributed by atoms with E-state index >= 15 is 0 Å². The number of carbonyl (C=O) groups excluding carboxylic acids is 2. The molecule has 62 heavy (non-hydrogen) atoms. The summed E-state index contributed by atoms with van der Waals surface area (Å²) in [5.74, 6) is -4.51. The molecule has 0 radical (unpaired) electrons. The Morgan fingerprint density at radius 1 is 0.742 bits per heavy atom. The number of aliphatic hydroxyl groups is 1. The quantitative estimate of drug-likeness (QED) is 0.0562. The number of ketones is 2. The molecule has 7 rings (SSSR count). The molecule has 10 nitrogen and oxygen atoms in total. The molecule has 0 bridgehead atoms. The van der Waals surface area contributed by atoms with Crippen LogP contribution in [0.4, 0.5) is 23.6 Å². The first-order valence-electron chi connectivity index (χ1n) is 19.8. The van der Waals surface area contributed by atoms with Crippen molar-refractivity contribution in [3.8, 4) is 6.19 Å². The van der Waals surface area contributed by atoms with Gasteiger partial charge in [-0.3, -0.25) is 9.59 Å². The lowest BCUT2D eigenvalue weighted by molar-refractivity contribution is -0.127. The lowest BCUT2D eigenvalue weighted by Crippen LogP contribution is -2.31. The molecular weight excluding hydrogens is 805 g/mol. The van der Waals surface area contributed by atoms with Crippen molar-refractivity contribution in [3.63, 3.8) is 0 Å². The summed E-state index contributed by atoms with van der Waals surface area (Å²) in [7, 11) is 2.95. The lowest BCUT2D eigenvalue weighted by Gasteiger charge is -2.29. The van der Waals surface area contributed by atoms with Crippen LogP contribution in [0, 0.1) is 34.7 Å². The van der Waals surface area contributed by atoms with E-state index in [0.29, 0.717) is 30.2 Å². The van der Waals surface area contributed by atoms with Gasteiger partial charge < -0.3 is 28.8 Å². The Kier molecular flexibility index (Phi) is 16.9. The third-order valence-corrected chi connectivity index (χ3v) is 10.6. The van der Waals surface area contributed by atoms with Crippen LogP contribution in [0.3, 0.4) is 0 Å². The average molecular weight is 853 g/mol. The summed E-state index contributed by atoms with van der Waals surface area (Å²) in [6, 6.07) is 22.3. The number of methoxy groups -OCH3 is 2. The maximum atomic E-state index is 13.8. The average Bonchev–Trinajstić information content (AvgIpc) is 3.81. The summed E-state index contributed by atoms with van der Waals surface area (Å²) in [6.45, 7) is 6.91. The highest BCUT2D eigenvalue weighted by molar-refractivity contribution is 5.98. The number of aliphatic hydroxyl groups excluding tert-OH is 1. The lowest BCUT2D eigenvalue weighted by atomic mass is 9.93. The third-order valence-electron chi connectivity index (χ3n) is 10.6. The number of Topliss-reactive ketones (excluding diaryl/α,β-unsaturated/α-hetero) is 2. The second-order valence-electron chi connectivity index (χ2n) is 14.6. The van der Waals surface area contributed by atoms with Gasteiger partial charge in [0.15, 0.2) is 24.0 Å². The fourth-order valence-electron chi connectivity index (χ4n) is 6.98. The number of carbonyl (C=O) groups is 2. The molecule has 0 aliphatic carbocycles. The molecule has 2 aliphatic rings. The van der Waals surface area contributed by atoms with Gasteiger partial charge >= 0.3 is 0 Å². The number of nitriles is 1. The molecule has 1 N–H and O–H groups in total. The maximum absolute atomic E-state index is 13.8. The van der Waals surface area contributed by atoms with Gasteiger partial charge in [-0.05, 0) is 84.4 Å². The molecular formula is C48H48F4N4O6. The highest BCUT2D eigenvalue weighted by Gasteiger charge is 2.23. The van der Waals surface area contributed by atoms with Crippen LogP contribution in [0.2, 0.25) is 0 Å². The van der Waals surface area contributed by atoms with E-state index in [4.69, 9.17) is 14.8 Å². The molecule has 1 aromatic heterocycles. The van der Waals surface area contributed by atoms with E-state index in [1.807, 2.05) is 36.4 Å². The van der Waals surface area contributed by atoms with E-state index in [0.717, 1.165) is 66.9 Å². The summed E-state index contributed by atoms with van der Waals surface area (Å²) in [6.07, 6.45) is 6.53. The van der Waals surface area contributed by atoms with Crippen LogP contribution in [0.5, 0.6) is 0 Å². The van der Waals surface area contributed by atoms with Crippen molar-refractivity contribution in [2.75, 3.05) is 51.9 Å². The zero-order valence-electron chi connectivity index (χ0n) is 35.0. The highest BCUT2D eigenvalue weighted by atomic mass is 19.1. The van der Waals surface area contributed by atoms with Crippen molar-refractivity contribution >= 4 is 28.7 Å². The van der Waals surface area contributed by atoms with Crippen molar-refractivity contribution < 1.29 is 46.1 Å². The largest absolute Gasteiger partial charge is 0.432 e. The minimum absolute atomic E-state index is 0.0569. The van der Waals surface area contributed by atoms with Crippen LogP contribution in [-0.2, 0) is 22.3 Å². The van der Waals surface area contributed by atoms with Crippen LogP contribution in [0.15, 0.2) is 113 Å². The molecule has 2 aliphatic heterocycles. The third kappa shape index (κ3) is 12.1. The number of benzene rings is 4. The normalized spacial score (nSPS) is 13.9. The second-order valence-corrected chi connectivity index (χ2v) is 14.6. The second kappa shape index (κ2) is 22.4. The molecule has 14 heteroatoms. The maximum Gasteiger partial charge on any atom is 0.297 e. The van der Waals surface area contributed by atoms with Crippen molar-refractivity contribution in [3.05, 3.63) is 165 Å². The molecule has 0 atom stereocenters. The highest BCUT2D eigenvalue weighted by Crippen LogP contribution is 2.30. The zero-order chi connectivity index (χ0) is 44.8. The van der Waals surface area contributed by atoms with E-state index in [1.165, 1.54) is 43.1 Å². The molecule has 0 saturated heterocycles. The van der Waals surface area contributed by atoms with Crippen molar-refractivity contribution in [2.24, 2.45) is 0 Å². The Morgan fingerprint density at radius 3 is 1.58 bits per heavy atom. The Labute approximate surface area is 358 Å². The van der Waals surface area contributed by atoms with Crippen LogP contribution in [0.1, 0.15) is 69.7 Å². The molecule has 4 aromatic carbocycles. The van der Waals surface area contributed by atoms with Gasteiger partial charge in [0.1, 0.15) is 29.5 Å². The molecule has 0 amide bonds. The molecule has 3 heterocycles. The van der Waals surface area contributed by atoms with Gasteiger partial charge in [0.2, 0.25) is 0 Å². The molecule has 0 spiro atoms. The van der Waals surface area contributed by atoms with Crippen molar-refractivity contribution in [1.82, 2.24) is 9.88 Å². The molecule has 324 valence electrons. The number of nitrogens with zero attached hydrogens (tertiary/aromatic N) is 4. The van der Waals surface area contributed by atoms with E-state index in [-0.39, 0.29) is 19.4 Å². The first kappa shape index (κ1) is 46.7. The van der Waals surface area contributed by atoms with Crippen LogP contribution < -0.4 is 4.90 Å².